The molecular formula is C7H14N2. The smallest absolute Gasteiger partial charge is 0.0192 e. The molecule has 0 aromatic rings. The zero-order valence-electron chi connectivity index (χ0n) is 5.69. The van der Waals surface area contributed by atoms with Gasteiger partial charge in [-0.1, -0.05) is 0 Å². The first-order valence-corrected chi connectivity index (χ1v) is 3.57. The quantitative estimate of drug-likeness (QED) is 0.558. The summed E-state index contributed by atoms with van der Waals surface area (Å²) in [7, 11) is 0. The SMILES string of the molecule is [CH]CNCC1CCCN1. The maximum absolute atomic E-state index is 5.27. The van der Waals surface area contributed by atoms with Crippen LogP contribution in [0.3, 0.4) is 0 Å². The van der Waals surface area contributed by atoms with Crippen LogP contribution in [-0.4, -0.2) is 25.7 Å². The average Bonchev–Trinajstić information content (AvgIpc) is 2.34. The van der Waals surface area contributed by atoms with Crippen molar-refractivity contribution in [3.63, 3.8) is 0 Å². The lowest BCUT2D eigenvalue weighted by Gasteiger charge is -2.08. The summed E-state index contributed by atoms with van der Waals surface area (Å²) in [6, 6.07) is 0.675. The molecule has 2 N–H and O–H groups in total. The van der Waals surface area contributed by atoms with Gasteiger partial charge in [-0.3, -0.25) is 0 Å². The molecule has 9 heavy (non-hydrogen) atoms. The van der Waals surface area contributed by atoms with Gasteiger partial charge < -0.3 is 10.6 Å². The van der Waals surface area contributed by atoms with E-state index >= 15 is 0 Å². The van der Waals surface area contributed by atoms with Gasteiger partial charge in [0.1, 0.15) is 0 Å². The number of nitrogens with one attached hydrogen (secondary N) is 2. The van der Waals surface area contributed by atoms with Crippen LogP contribution in [0.1, 0.15) is 12.8 Å². The second kappa shape index (κ2) is 3.85. The molecule has 1 atom stereocenters. The van der Waals surface area contributed by atoms with Crippen molar-refractivity contribution in [2.45, 2.75) is 18.9 Å². The van der Waals surface area contributed by atoms with Gasteiger partial charge in [-0.05, 0) is 32.9 Å². The lowest BCUT2D eigenvalue weighted by molar-refractivity contribution is 0.554. The van der Waals surface area contributed by atoms with E-state index in [9.17, 15) is 0 Å². The molecule has 0 amide bonds. The van der Waals surface area contributed by atoms with Crippen LogP contribution in [0.5, 0.6) is 0 Å². The van der Waals surface area contributed by atoms with Gasteiger partial charge in [0.25, 0.3) is 0 Å². The van der Waals surface area contributed by atoms with Gasteiger partial charge in [0.15, 0.2) is 0 Å². The minimum absolute atomic E-state index is 0.595. The van der Waals surface area contributed by atoms with Gasteiger partial charge in [-0.25, -0.2) is 0 Å². The van der Waals surface area contributed by atoms with Crippen LogP contribution in [0.4, 0.5) is 0 Å². The second-order valence-corrected chi connectivity index (χ2v) is 2.45. The predicted octanol–water partition coefficient (Wildman–Crippen LogP) is 0.0391. The van der Waals surface area contributed by atoms with E-state index in [0.717, 1.165) is 6.54 Å². The van der Waals surface area contributed by atoms with Crippen LogP contribution in [0, 0.1) is 6.92 Å². The minimum atomic E-state index is 0.595. The molecule has 0 spiro atoms. The van der Waals surface area contributed by atoms with Crippen molar-refractivity contribution in [3.8, 4) is 0 Å². The van der Waals surface area contributed by atoms with Gasteiger partial charge in [0.2, 0.25) is 0 Å². The van der Waals surface area contributed by atoms with Crippen molar-refractivity contribution in [1.82, 2.24) is 10.6 Å². The Labute approximate surface area is 57.0 Å². The molecule has 1 aliphatic heterocycles. The highest BCUT2D eigenvalue weighted by Crippen LogP contribution is 2.02. The molecule has 0 aromatic heterocycles. The summed E-state index contributed by atoms with van der Waals surface area (Å²) in [5.74, 6) is 0. The fourth-order valence-corrected chi connectivity index (χ4v) is 1.19. The van der Waals surface area contributed by atoms with Gasteiger partial charge in [-0.15, -0.1) is 0 Å². The molecule has 2 heteroatoms. The Morgan fingerprint density at radius 1 is 1.67 bits per heavy atom. The first-order valence-electron chi connectivity index (χ1n) is 3.57. The van der Waals surface area contributed by atoms with E-state index < -0.39 is 0 Å². The molecule has 1 aliphatic rings. The number of rotatable bonds is 3. The summed E-state index contributed by atoms with van der Waals surface area (Å²) in [5, 5.41) is 6.48. The monoisotopic (exact) mass is 126 g/mol. The van der Waals surface area contributed by atoms with Crippen LogP contribution in [-0.2, 0) is 0 Å². The summed E-state index contributed by atoms with van der Waals surface area (Å²) in [6.45, 7) is 8.06. The molecule has 2 radical (unpaired) electrons. The summed E-state index contributed by atoms with van der Waals surface area (Å²) < 4.78 is 0. The summed E-state index contributed by atoms with van der Waals surface area (Å²) in [6.07, 6.45) is 2.61. The zero-order valence-corrected chi connectivity index (χ0v) is 5.69. The average molecular weight is 126 g/mol. The Bertz CT molecular complexity index is 67.3. The van der Waals surface area contributed by atoms with Crippen LogP contribution in [0.15, 0.2) is 0 Å². The van der Waals surface area contributed by atoms with E-state index in [1.54, 1.807) is 0 Å². The fourth-order valence-electron chi connectivity index (χ4n) is 1.19. The molecule has 0 saturated carbocycles. The van der Waals surface area contributed by atoms with E-state index in [1.807, 2.05) is 0 Å². The molecule has 1 rings (SSSR count). The molecular weight excluding hydrogens is 112 g/mol. The Kier molecular flexibility index (Phi) is 3.01. The van der Waals surface area contributed by atoms with E-state index in [0.29, 0.717) is 12.6 Å². The standard InChI is InChI=1S/C7H14N2/c1-2-8-6-7-4-3-5-9-7/h1,7-9H,2-6H2. The first kappa shape index (κ1) is 7.03. The van der Waals surface area contributed by atoms with Crippen molar-refractivity contribution in [2.75, 3.05) is 19.6 Å². The minimum Gasteiger partial charge on any atom is -0.315 e. The van der Waals surface area contributed by atoms with Gasteiger partial charge in [0, 0.05) is 12.6 Å². The molecule has 0 aromatic carbocycles. The Morgan fingerprint density at radius 2 is 2.56 bits per heavy atom. The van der Waals surface area contributed by atoms with Crippen LogP contribution >= 0.6 is 0 Å². The third-order valence-electron chi connectivity index (χ3n) is 1.70. The van der Waals surface area contributed by atoms with Gasteiger partial charge >= 0.3 is 0 Å². The number of hydrogen-bond donors (Lipinski definition) is 2. The first-order chi connectivity index (χ1) is 4.43. The fraction of sp³-hybridized carbons (Fsp3) is 0.857. The lowest BCUT2D eigenvalue weighted by atomic mass is 10.2. The normalized spacial score (nSPS) is 27.0. The Hall–Kier alpha value is -0.0800. The zero-order chi connectivity index (χ0) is 6.53. The molecule has 52 valence electrons. The maximum Gasteiger partial charge on any atom is 0.0192 e. The highest BCUT2D eigenvalue weighted by atomic mass is 15.0. The van der Waals surface area contributed by atoms with Crippen molar-refractivity contribution < 1.29 is 0 Å². The number of hydrogen-bond acceptors (Lipinski definition) is 2. The third-order valence-corrected chi connectivity index (χ3v) is 1.70. The van der Waals surface area contributed by atoms with Crippen molar-refractivity contribution in [1.29, 1.82) is 0 Å². The van der Waals surface area contributed by atoms with E-state index in [2.05, 4.69) is 10.6 Å². The molecule has 0 bridgehead atoms. The molecule has 1 fully saturated rings. The summed E-state index contributed by atoms with van der Waals surface area (Å²) >= 11 is 0. The largest absolute Gasteiger partial charge is 0.315 e. The van der Waals surface area contributed by atoms with Gasteiger partial charge in [-0.2, -0.15) is 0 Å². The van der Waals surface area contributed by atoms with Gasteiger partial charge in [0.05, 0.1) is 0 Å². The molecule has 1 heterocycles. The van der Waals surface area contributed by atoms with E-state index in [4.69, 9.17) is 6.92 Å². The van der Waals surface area contributed by atoms with Crippen LogP contribution in [0.25, 0.3) is 0 Å². The maximum atomic E-state index is 5.27. The summed E-state index contributed by atoms with van der Waals surface area (Å²) in [4.78, 5) is 0. The predicted molar refractivity (Wildman–Crippen MR) is 38.2 cm³/mol. The highest BCUT2D eigenvalue weighted by Gasteiger charge is 2.11. The third kappa shape index (κ3) is 2.33. The summed E-state index contributed by atoms with van der Waals surface area (Å²) in [5.41, 5.74) is 0. The molecule has 1 unspecified atom stereocenters. The Balaban J connectivity index is 1.98. The second-order valence-electron chi connectivity index (χ2n) is 2.45. The van der Waals surface area contributed by atoms with Crippen molar-refractivity contribution in [2.24, 2.45) is 0 Å². The molecule has 0 aliphatic carbocycles. The lowest BCUT2D eigenvalue weighted by Crippen LogP contribution is -2.33. The van der Waals surface area contributed by atoms with Crippen molar-refractivity contribution in [3.05, 3.63) is 6.92 Å². The molecule has 1 saturated heterocycles. The highest BCUT2D eigenvalue weighted by molar-refractivity contribution is 4.75. The van der Waals surface area contributed by atoms with Crippen LogP contribution in [0.2, 0.25) is 0 Å². The van der Waals surface area contributed by atoms with E-state index in [1.165, 1.54) is 19.4 Å². The topological polar surface area (TPSA) is 24.1 Å². The van der Waals surface area contributed by atoms with Crippen molar-refractivity contribution >= 4 is 0 Å². The Morgan fingerprint density at radius 3 is 3.11 bits per heavy atom. The van der Waals surface area contributed by atoms with E-state index in [-0.39, 0.29) is 0 Å². The molecule has 2 nitrogen and oxygen atoms in total. The van der Waals surface area contributed by atoms with Crippen LogP contribution < -0.4 is 10.6 Å².